The number of Topliss-reactive ketones (excluding diaryl/α,β-unsaturated/α-hetero) is 2. The van der Waals surface area contributed by atoms with E-state index in [-0.39, 0.29) is 22.5 Å². The minimum atomic E-state index is -2.17. The molecule has 2 aliphatic heterocycles. The lowest BCUT2D eigenvalue weighted by Gasteiger charge is -2.27. The maximum absolute atomic E-state index is 14.0. The standard InChI is InChI=1S/C28H20N2O7/c1-14-7-9-16(10-8-14)23-21-22(28(37-23)24(31)18-5-3-4-6-19(18)25(28)32)27(34)29(26(21)33)20-12-11-17(30(35)36)13-15(20)2/h3-13,21-23H,1-2H3/t21-,22+,23+/m0/s1. The van der Waals surface area contributed by atoms with Crippen LogP contribution in [0, 0.1) is 35.8 Å². The first-order chi connectivity index (χ1) is 17.7. The summed E-state index contributed by atoms with van der Waals surface area (Å²) in [6, 6.07) is 17.3. The Balaban J connectivity index is 1.53. The Hall–Kier alpha value is -4.50. The average Bonchev–Trinajstić information content (AvgIpc) is 3.45. The summed E-state index contributed by atoms with van der Waals surface area (Å²) in [4.78, 5) is 67.1. The van der Waals surface area contributed by atoms with Crippen LogP contribution in [0.5, 0.6) is 0 Å². The molecule has 2 fully saturated rings. The first kappa shape index (κ1) is 22.9. The van der Waals surface area contributed by atoms with E-state index in [9.17, 15) is 29.3 Å². The lowest BCUT2D eigenvalue weighted by Crippen LogP contribution is -2.51. The fraction of sp³-hybridized carbons (Fsp3) is 0.214. The summed E-state index contributed by atoms with van der Waals surface area (Å²) >= 11 is 0. The molecule has 9 nitrogen and oxygen atoms in total. The largest absolute Gasteiger partial charge is 0.349 e. The quantitative estimate of drug-likeness (QED) is 0.233. The highest BCUT2D eigenvalue weighted by atomic mass is 16.6. The number of benzene rings is 3. The minimum Gasteiger partial charge on any atom is -0.349 e. The summed E-state index contributed by atoms with van der Waals surface area (Å²) in [6.45, 7) is 3.45. The summed E-state index contributed by atoms with van der Waals surface area (Å²) in [5, 5.41) is 11.2. The van der Waals surface area contributed by atoms with Crippen LogP contribution in [0.3, 0.4) is 0 Å². The number of nitro groups is 1. The van der Waals surface area contributed by atoms with Gasteiger partial charge in [-0.25, -0.2) is 4.90 Å². The highest BCUT2D eigenvalue weighted by Crippen LogP contribution is 2.57. The number of nitrogens with zero attached hydrogens (tertiary/aromatic N) is 2. The molecule has 0 aromatic heterocycles. The zero-order valence-electron chi connectivity index (χ0n) is 19.8. The van der Waals surface area contributed by atoms with Crippen LogP contribution < -0.4 is 4.90 Å². The fourth-order valence-electron chi connectivity index (χ4n) is 5.82. The molecule has 3 aromatic rings. The van der Waals surface area contributed by atoms with Gasteiger partial charge in [-0.15, -0.1) is 0 Å². The number of carbonyl (C=O) groups is 4. The van der Waals surface area contributed by atoms with E-state index >= 15 is 0 Å². The van der Waals surface area contributed by atoms with Gasteiger partial charge in [-0.2, -0.15) is 0 Å². The van der Waals surface area contributed by atoms with Crippen LogP contribution in [-0.4, -0.2) is 33.9 Å². The average molecular weight is 496 g/mol. The third-order valence-corrected chi connectivity index (χ3v) is 7.56. The molecule has 1 spiro atoms. The van der Waals surface area contributed by atoms with E-state index in [0.717, 1.165) is 10.5 Å². The highest BCUT2D eigenvalue weighted by molar-refractivity contribution is 6.37. The smallest absolute Gasteiger partial charge is 0.269 e. The van der Waals surface area contributed by atoms with E-state index in [0.29, 0.717) is 11.1 Å². The molecule has 2 heterocycles. The molecule has 3 aromatic carbocycles. The molecule has 3 atom stereocenters. The molecule has 2 saturated heterocycles. The van der Waals surface area contributed by atoms with E-state index in [1.807, 2.05) is 19.1 Å². The lowest BCUT2D eigenvalue weighted by atomic mass is 9.77. The summed E-state index contributed by atoms with van der Waals surface area (Å²) in [7, 11) is 0. The van der Waals surface area contributed by atoms with Gasteiger partial charge in [0.25, 0.3) is 5.69 Å². The molecule has 0 N–H and O–H groups in total. The zero-order chi connectivity index (χ0) is 26.2. The number of aryl methyl sites for hydroxylation is 2. The fourth-order valence-corrected chi connectivity index (χ4v) is 5.82. The Morgan fingerprint density at radius 2 is 1.49 bits per heavy atom. The lowest BCUT2D eigenvalue weighted by molar-refractivity contribution is -0.384. The number of amides is 2. The predicted molar refractivity (Wildman–Crippen MR) is 130 cm³/mol. The van der Waals surface area contributed by atoms with E-state index in [1.54, 1.807) is 31.2 Å². The summed E-state index contributed by atoms with van der Waals surface area (Å²) in [5.41, 5.74) is -0.00671. The van der Waals surface area contributed by atoms with Crippen molar-refractivity contribution >= 4 is 34.8 Å². The highest BCUT2D eigenvalue weighted by Gasteiger charge is 2.74. The zero-order valence-corrected chi connectivity index (χ0v) is 19.8. The number of rotatable bonds is 3. The van der Waals surface area contributed by atoms with Crippen LogP contribution >= 0.6 is 0 Å². The van der Waals surface area contributed by atoms with Crippen LogP contribution in [0.2, 0.25) is 0 Å². The second-order valence-electron chi connectivity index (χ2n) is 9.63. The maximum atomic E-state index is 14.0. The van der Waals surface area contributed by atoms with Gasteiger partial charge in [0, 0.05) is 23.3 Å². The molecule has 1 aliphatic carbocycles. The molecule has 2 amide bonds. The number of anilines is 1. The molecular formula is C28H20N2O7. The van der Waals surface area contributed by atoms with Gasteiger partial charge in [-0.1, -0.05) is 54.1 Å². The van der Waals surface area contributed by atoms with Crippen molar-refractivity contribution in [1.82, 2.24) is 0 Å². The number of hydrogen-bond donors (Lipinski definition) is 0. The number of carbonyl (C=O) groups excluding carboxylic acids is 4. The predicted octanol–water partition coefficient (Wildman–Crippen LogP) is 3.91. The van der Waals surface area contributed by atoms with E-state index in [4.69, 9.17) is 4.74 Å². The molecule has 0 saturated carbocycles. The van der Waals surface area contributed by atoms with Crippen LogP contribution in [0.25, 0.3) is 0 Å². The topological polar surface area (TPSA) is 124 Å². The van der Waals surface area contributed by atoms with Gasteiger partial charge in [0.1, 0.15) is 0 Å². The second-order valence-corrected chi connectivity index (χ2v) is 9.63. The molecule has 3 aliphatic rings. The first-order valence-corrected chi connectivity index (χ1v) is 11.7. The van der Waals surface area contributed by atoms with Crippen LogP contribution in [0.1, 0.15) is 43.5 Å². The van der Waals surface area contributed by atoms with Gasteiger partial charge in [0.05, 0.1) is 28.6 Å². The number of fused-ring (bicyclic) bond motifs is 3. The van der Waals surface area contributed by atoms with Gasteiger partial charge in [-0.05, 0) is 31.0 Å². The van der Waals surface area contributed by atoms with Crippen molar-refractivity contribution in [1.29, 1.82) is 0 Å². The van der Waals surface area contributed by atoms with Crippen molar-refractivity contribution in [2.45, 2.75) is 25.6 Å². The molecule has 37 heavy (non-hydrogen) atoms. The van der Waals surface area contributed by atoms with Gasteiger partial charge < -0.3 is 4.74 Å². The van der Waals surface area contributed by atoms with E-state index in [1.165, 1.54) is 30.3 Å². The monoisotopic (exact) mass is 496 g/mol. The van der Waals surface area contributed by atoms with Gasteiger partial charge in [0.15, 0.2) is 0 Å². The van der Waals surface area contributed by atoms with Gasteiger partial charge >= 0.3 is 0 Å². The Bertz CT molecular complexity index is 1520. The van der Waals surface area contributed by atoms with E-state index < -0.39 is 51.8 Å². The molecule has 0 unspecified atom stereocenters. The van der Waals surface area contributed by atoms with Crippen molar-refractivity contribution in [3.8, 4) is 0 Å². The first-order valence-electron chi connectivity index (χ1n) is 11.7. The van der Waals surface area contributed by atoms with Crippen molar-refractivity contribution in [2.24, 2.45) is 11.8 Å². The summed E-state index contributed by atoms with van der Waals surface area (Å²) in [5.74, 6) is -5.15. The number of ether oxygens (including phenoxy) is 1. The number of nitro benzene ring substituents is 1. The molecule has 9 heteroatoms. The Labute approximate surface area is 210 Å². The summed E-state index contributed by atoms with van der Waals surface area (Å²) in [6.07, 6.45) is -1.02. The number of imide groups is 1. The SMILES string of the molecule is Cc1ccc([C@H]2OC3(C(=O)c4ccccc4C3=O)[C@H]3C(=O)N(c4ccc([N+](=O)[O-])cc4C)C(=O)[C@H]23)cc1. The van der Waals surface area contributed by atoms with Crippen LogP contribution in [0.15, 0.2) is 66.7 Å². The normalized spacial score (nSPS) is 23.6. The maximum Gasteiger partial charge on any atom is 0.269 e. The number of ketones is 2. The van der Waals surface area contributed by atoms with E-state index in [2.05, 4.69) is 0 Å². The molecule has 0 radical (unpaired) electrons. The minimum absolute atomic E-state index is 0.154. The van der Waals surface area contributed by atoms with Crippen LogP contribution in [0.4, 0.5) is 11.4 Å². The van der Waals surface area contributed by atoms with Crippen LogP contribution in [-0.2, 0) is 14.3 Å². The Morgan fingerprint density at radius 1 is 0.865 bits per heavy atom. The van der Waals surface area contributed by atoms with Crippen molar-refractivity contribution < 1.29 is 28.8 Å². The third kappa shape index (κ3) is 2.94. The Morgan fingerprint density at radius 3 is 2.05 bits per heavy atom. The van der Waals surface area contributed by atoms with Gasteiger partial charge in [-0.3, -0.25) is 29.3 Å². The Kier molecular flexibility index (Phi) is 4.80. The molecular weight excluding hydrogens is 476 g/mol. The molecule has 6 rings (SSSR count). The van der Waals surface area contributed by atoms with Crippen molar-refractivity contribution in [2.75, 3.05) is 4.90 Å². The third-order valence-electron chi connectivity index (χ3n) is 7.56. The van der Waals surface area contributed by atoms with Crippen molar-refractivity contribution in [3.63, 3.8) is 0 Å². The van der Waals surface area contributed by atoms with Gasteiger partial charge in [0.2, 0.25) is 29.0 Å². The second kappa shape index (κ2) is 7.75. The summed E-state index contributed by atoms with van der Waals surface area (Å²) < 4.78 is 6.26. The van der Waals surface area contributed by atoms with Crippen molar-refractivity contribution in [3.05, 3.63) is 105 Å². The number of non-ortho nitro benzene ring substituents is 1. The molecule has 184 valence electrons. The number of hydrogen-bond acceptors (Lipinski definition) is 7. The molecule has 0 bridgehead atoms.